The first kappa shape index (κ1) is 22.7. The number of hydrogen-bond acceptors (Lipinski definition) is 4. The zero-order valence-corrected chi connectivity index (χ0v) is 18.2. The van der Waals surface area contributed by atoms with Crippen LogP contribution < -0.4 is 16.1 Å². The van der Waals surface area contributed by atoms with Crippen LogP contribution in [-0.2, 0) is 6.54 Å². The average Bonchev–Trinajstić information content (AvgIpc) is 2.74. The van der Waals surface area contributed by atoms with Crippen molar-refractivity contribution >= 4 is 11.8 Å². The number of pyridine rings is 1. The van der Waals surface area contributed by atoms with Crippen LogP contribution in [0.5, 0.6) is 0 Å². The lowest BCUT2D eigenvalue weighted by molar-refractivity contribution is 0.00523. The SMILES string of the molecule is CC(C)NC(=O)c1cn(Cc2ccccc2)cc(C(=O)NCC2(O)CCCCC2)c1=O. The Balaban J connectivity index is 1.89. The molecule has 1 aromatic heterocycles. The Hall–Kier alpha value is -2.93. The highest BCUT2D eigenvalue weighted by Crippen LogP contribution is 2.27. The molecule has 3 N–H and O–H groups in total. The molecule has 7 nitrogen and oxygen atoms in total. The van der Waals surface area contributed by atoms with Crippen LogP contribution >= 0.6 is 0 Å². The molecule has 2 aromatic rings. The smallest absolute Gasteiger partial charge is 0.256 e. The van der Waals surface area contributed by atoms with E-state index in [9.17, 15) is 19.5 Å². The van der Waals surface area contributed by atoms with Crippen LogP contribution in [-0.4, -0.2) is 39.7 Å². The summed E-state index contributed by atoms with van der Waals surface area (Å²) in [6.45, 7) is 4.11. The van der Waals surface area contributed by atoms with Crippen LogP contribution in [0.3, 0.4) is 0 Å². The number of aromatic nitrogens is 1. The predicted octanol–water partition coefficient (Wildman–Crippen LogP) is 2.46. The van der Waals surface area contributed by atoms with E-state index in [-0.39, 0.29) is 23.7 Å². The Morgan fingerprint density at radius 2 is 1.65 bits per heavy atom. The molecule has 1 aromatic carbocycles. The molecule has 166 valence electrons. The van der Waals surface area contributed by atoms with E-state index in [0.29, 0.717) is 19.4 Å². The molecule has 1 aliphatic rings. The first-order valence-corrected chi connectivity index (χ1v) is 10.9. The lowest BCUT2D eigenvalue weighted by atomic mass is 9.85. The quantitative estimate of drug-likeness (QED) is 0.634. The van der Waals surface area contributed by atoms with Gasteiger partial charge in [0, 0.05) is 31.5 Å². The third kappa shape index (κ3) is 6.04. The average molecular weight is 426 g/mol. The van der Waals surface area contributed by atoms with E-state index < -0.39 is 22.8 Å². The van der Waals surface area contributed by atoms with Crippen LogP contribution in [0.25, 0.3) is 0 Å². The number of nitrogens with zero attached hydrogens (tertiary/aromatic N) is 1. The van der Waals surface area contributed by atoms with Crippen molar-refractivity contribution in [1.82, 2.24) is 15.2 Å². The van der Waals surface area contributed by atoms with Gasteiger partial charge in [-0.05, 0) is 32.3 Å². The molecule has 0 unspecified atom stereocenters. The molecule has 0 atom stereocenters. The van der Waals surface area contributed by atoms with Gasteiger partial charge in [-0.25, -0.2) is 0 Å². The van der Waals surface area contributed by atoms with E-state index in [2.05, 4.69) is 10.6 Å². The highest BCUT2D eigenvalue weighted by Gasteiger charge is 2.30. The van der Waals surface area contributed by atoms with Crippen molar-refractivity contribution in [1.29, 1.82) is 0 Å². The van der Waals surface area contributed by atoms with Crippen molar-refractivity contribution in [3.05, 3.63) is 69.6 Å². The van der Waals surface area contributed by atoms with Gasteiger partial charge in [0.15, 0.2) is 0 Å². The van der Waals surface area contributed by atoms with Crippen LogP contribution in [0.1, 0.15) is 72.2 Å². The van der Waals surface area contributed by atoms with Crippen LogP contribution in [0.15, 0.2) is 47.5 Å². The number of hydrogen-bond donors (Lipinski definition) is 3. The summed E-state index contributed by atoms with van der Waals surface area (Å²) < 4.78 is 1.68. The van der Waals surface area contributed by atoms with Crippen LogP contribution in [0.2, 0.25) is 0 Å². The monoisotopic (exact) mass is 425 g/mol. The van der Waals surface area contributed by atoms with Gasteiger partial charge in [-0.3, -0.25) is 14.4 Å². The van der Waals surface area contributed by atoms with Crippen molar-refractivity contribution in [2.45, 2.75) is 64.1 Å². The molecule has 0 aliphatic heterocycles. The summed E-state index contributed by atoms with van der Waals surface area (Å²) in [7, 11) is 0. The van der Waals surface area contributed by atoms with E-state index in [1.165, 1.54) is 12.4 Å². The minimum absolute atomic E-state index is 0.0753. The van der Waals surface area contributed by atoms with E-state index in [0.717, 1.165) is 24.8 Å². The molecule has 0 radical (unpaired) electrons. The maximum atomic E-state index is 13.0. The summed E-state index contributed by atoms with van der Waals surface area (Å²) in [5.41, 5.74) is -0.760. The van der Waals surface area contributed by atoms with Gasteiger partial charge in [0.1, 0.15) is 11.1 Å². The highest BCUT2D eigenvalue weighted by atomic mass is 16.3. The van der Waals surface area contributed by atoms with Crippen LogP contribution in [0.4, 0.5) is 0 Å². The van der Waals surface area contributed by atoms with Crippen molar-refractivity contribution in [3.8, 4) is 0 Å². The summed E-state index contributed by atoms with van der Waals surface area (Å²) in [6.07, 6.45) is 7.13. The zero-order valence-electron chi connectivity index (χ0n) is 18.2. The fraction of sp³-hybridized carbons (Fsp3) is 0.458. The summed E-state index contributed by atoms with van der Waals surface area (Å²) in [5.74, 6) is -1.09. The second-order valence-corrected chi connectivity index (χ2v) is 8.67. The summed E-state index contributed by atoms with van der Waals surface area (Å²) in [5, 5.41) is 16.1. The Morgan fingerprint density at radius 3 is 2.26 bits per heavy atom. The van der Waals surface area contributed by atoms with Crippen molar-refractivity contribution < 1.29 is 14.7 Å². The van der Waals surface area contributed by atoms with E-state index in [4.69, 9.17) is 0 Å². The largest absolute Gasteiger partial charge is 0.388 e. The Bertz CT molecular complexity index is 976. The second kappa shape index (κ2) is 9.92. The summed E-state index contributed by atoms with van der Waals surface area (Å²) in [6, 6.07) is 9.44. The minimum Gasteiger partial charge on any atom is -0.388 e. The molecule has 1 aliphatic carbocycles. The number of carbonyl (C=O) groups excluding carboxylic acids is 2. The third-order valence-corrected chi connectivity index (χ3v) is 5.56. The van der Waals surface area contributed by atoms with Gasteiger partial charge in [0.2, 0.25) is 5.43 Å². The van der Waals surface area contributed by atoms with E-state index in [1.807, 2.05) is 44.2 Å². The molecular weight excluding hydrogens is 394 g/mol. The van der Waals surface area contributed by atoms with Crippen molar-refractivity contribution in [2.75, 3.05) is 6.54 Å². The first-order valence-electron chi connectivity index (χ1n) is 10.9. The second-order valence-electron chi connectivity index (χ2n) is 8.67. The van der Waals surface area contributed by atoms with Gasteiger partial charge in [-0.2, -0.15) is 0 Å². The van der Waals surface area contributed by atoms with Gasteiger partial charge in [0.25, 0.3) is 11.8 Å². The molecule has 2 amide bonds. The number of aliphatic hydroxyl groups is 1. The topological polar surface area (TPSA) is 100 Å². The fourth-order valence-corrected chi connectivity index (χ4v) is 3.91. The van der Waals surface area contributed by atoms with Crippen molar-refractivity contribution in [2.24, 2.45) is 0 Å². The van der Waals surface area contributed by atoms with E-state index in [1.54, 1.807) is 4.57 Å². The molecule has 31 heavy (non-hydrogen) atoms. The number of benzene rings is 1. The van der Waals surface area contributed by atoms with Gasteiger partial charge in [0.05, 0.1) is 5.60 Å². The standard InChI is InChI=1S/C24H31N3O4/c1-17(2)26-23(30)20-15-27(13-18-9-5-3-6-10-18)14-19(21(20)28)22(29)25-16-24(31)11-7-4-8-12-24/h3,5-6,9-10,14-15,17,31H,4,7-8,11-13,16H2,1-2H3,(H,25,29)(H,26,30). The summed E-state index contributed by atoms with van der Waals surface area (Å²) in [4.78, 5) is 38.5. The Labute approximate surface area is 182 Å². The molecule has 0 saturated heterocycles. The van der Waals surface area contributed by atoms with E-state index >= 15 is 0 Å². The number of carbonyl (C=O) groups is 2. The van der Waals surface area contributed by atoms with Gasteiger partial charge in [-0.15, -0.1) is 0 Å². The van der Waals surface area contributed by atoms with Crippen LogP contribution in [0, 0.1) is 0 Å². The van der Waals surface area contributed by atoms with Crippen molar-refractivity contribution in [3.63, 3.8) is 0 Å². The number of rotatable bonds is 7. The fourth-order valence-electron chi connectivity index (χ4n) is 3.91. The Morgan fingerprint density at radius 1 is 1.03 bits per heavy atom. The van der Waals surface area contributed by atoms with Gasteiger partial charge in [-0.1, -0.05) is 49.6 Å². The normalized spacial score (nSPS) is 15.5. The molecule has 1 fully saturated rings. The molecule has 1 saturated carbocycles. The molecular formula is C24H31N3O4. The lowest BCUT2D eigenvalue weighted by Gasteiger charge is -2.32. The predicted molar refractivity (Wildman–Crippen MR) is 119 cm³/mol. The minimum atomic E-state index is -0.941. The Kier molecular flexibility index (Phi) is 7.28. The molecule has 7 heteroatoms. The summed E-state index contributed by atoms with van der Waals surface area (Å²) >= 11 is 0. The maximum Gasteiger partial charge on any atom is 0.256 e. The zero-order chi connectivity index (χ0) is 22.4. The first-order chi connectivity index (χ1) is 14.8. The third-order valence-electron chi connectivity index (χ3n) is 5.56. The molecule has 0 bridgehead atoms. The van der Waals surface area contributed by atoms with Gasteiger partial charge < -0.3 is 20.3 Å². The number of nitrogens with one attached hydrogen (secondary N) is 2. The van der Waals surface area contributed by atoms with Gasteiger partial charge >= 0.3 is 0 Å². The highest BCUT2D eigenvalue weighted by molar-refractivity contribution is 5.99. The maximum absolute atomic E-state index is 13.0. The molecule has 0 spiro atoms. The molecule has 1 heterocycles. The number of amides is 2. The molecule has 3 rings (SSSR count). The lowest BCUT2D eigenvalue weighted by Crippen LogP contribution is -2.45.